The van der Waals surface area contributed by atoms with E-state index in [4.69, 9.17) is 4.74 Å². The topological polar surface area (TPSA) is 41.5 Å². The van der Waals surface area contributed by atoms with Crippen LogP contribution in [0, 0.1) is 0 Å². The monoisotopic (exact) mass is 275 g/mol. The van der Waals surface area contributed by atoms with Gasteiger partial charge in [-0.3, -0.25) is 0 Å². The molecule has 1 aromatic carbocycles. The number of benzene rings is 1. The summed E-state index contributed by atoms with van der Waals surface area (Å²) in [5, 5.41) is 14.0. The molecule has 3 nitrogen and oxygen atoms in total. The Morgan fingerprint density at radius 2 is 2.10 bits per heavy atom. The Balaban J connectivity index is 1.75. The Labute approximate surface area is 121 Å². The van der Waals surface area contributed by atoms with Crippen LogP contribution in [-0.4, -0.2) is 30.5 Å². The standard InChI is InChI=1S/C17H25NO2/c1-16(2)8-7-15(13-5-3-4-6-14(13)16)18-11-17(19)9-10-20-12-17/h3-6,15,18-19H,7-12H2,1-2H3. The minimum absolute atomic E-state index is 0.252. The maximum absolute atomic E-state index is 10.4. The fourth-order valence-corrected chi connectivity index (χ4v) is 3.47. The van der Waals surface area contributed by atoms with Crippen molar-refractivity contribution in [3.8, 4) is 0 Å². The summed E-state index contributed by atoms with van der Waals surface area (Å²) in [6.07, 6.45) is 3.04. The van der Waals surface area contributed by atoms with Gasteiger partial charge in [0.05, 0.1) is 6.61 Å². The van der Waals surface area contributed by atoms with Crippen LogP contribution in [0.4, 0.5) is 0 Å². The van der Waals surface area contributed by atoms with Gasteiger partial charge < -0.3 is 15.2 Å². The lowest BCUT2D eigenvalue weighted by Crippen LogP contribution is -2.44. The molecule has 1 heterocycles. The molecule has 0 amide bonds. The third kappa shape index (κ3) is 2.62. The zero-order valence-corrected chi connectivity index (χ0v) is 12.5. The number of fused-ring (bicyclic) bond motifs is 1. The Bertz CT molecular complexity index is 478. The van der Waals surface area contributed by atoms with Gasteiger partial charge in [0, 0.05) is 25.6 Å². The predicted octanol–water partition coefficient (Wildman–Crippen LogP) is 2.54. The van der Waals surface area contributed by atoms with Crippen molar-refractivity contribution in [2.45, 2.75) is 50.2 Å². The van der Waals surface area contributed by atoms with E-state index >= 15 is 0 Å². The lowest BCUT2D eigenvalue weighted by molar-refractivity contribution is 0.0240. The second-order valence-corrected chi connectivity index (χ2v) is 6.97. The number of hydrogen-bond acceptors (Lipinski definition) is 3. The summed E-state index contributed by atoms with van der Waals surface area (Å²) in [5.41, 5.74) is 2.41. The molecule has 0 radical (unpaired) electrons. The molecule has 3 heteroatoms. The molecule has 0 bridgehead atoms. The Kier molecular flexibility index (Phi) is 3.61. The molecule has 1 aliphatic carbocycles. The third-order valence-electron chi connectivity index (χ3n) is 4.88. The van der Waals surface area contributed by atoms with Gasteiger partial charge in [0.15, 0.2) is 0 Å². The molecule has 0 spiro atoms. The first-order valence-corrected chi connectivity index (χ1v) is 7.63. The number of ether oxygens (including phenoxy) is 1. The maximum atomic E-state index is 10.4. The number of hydrogen-bond donors (Lipinski definition) is 2. The Morgan fingerprint density at radius 1 is 1.30 bits per heavy atom. The quantitative estimate of drug-likeness (QED) is 0.890. The van der Waals surface area contributed by atoms with Gasteiger partial charge in [0.1, 0.15) is 5.60 Å². The molecule has 110 valence electrons. The largest absolute Gasteiger partial charge is 0.386 e. The molecule has 1 saturated heterocycles. The average molecular weight is 275 g/mol. The molecule has 1 aromatic rings. The summed E-state index contributed by atoms with van der Waals surface area (Å²) >= 11 is 0. The van der Waals surface area contributed by atoms with Crippen molar-refractivity contribution in [3.05, 3.63) is 35.4 Å². The molecule has 3 rings (SSSR count). The van der Waals surface area contributed by atoms with Crippen molar-refractivity contribution >= 4 is 0 Å². The van der Waals surface area contributed by atoms with Gasteiger partial charge in [-0.05, 0) is 29.4 Å². The van der Waals surface area contributed by atoms with Crippen LogP contribution in [0.25, 0.3) is 0 Å². The Hall–Kier alpha value is -0.900. The van der Waals surface area contributed by atoms with Gasteiger partial charge in [0.2, 0.25) is 0 Å². The highest BCUT2D eigenvalue weighted by molar-refractivity contribution is 5.38. The van der Waals surface area contributed by atoms with Gasteiger partial charge in [0.25, 0.3) is 0 Å². The van der Waals surface area contributed by atoms with Crippen LogP contribution in [-0.2, 0) is 10.2 Å². The molecule has 2 atom stereocenters. The molecular weight excluding hydrogens is 250 g/mol. The van der Waals surface area contributed by atoms with Gasteiger partial charge >= 0.3 is 0 Å². The fraction of sp³-hybridized carbons (Fsp3) is 0.647. The van der Waals surface area contributed by atoms with Gasteiger partial charge in [-0.15, -0.1) is 0 Å². The molecule has 20 heavy (non-hydrogen) atoms. The van der Waals surface area contributed by atoms with Crippen LogP contribution in [0.5, 0.6) is 0 Å². The van der Waals surface area contributed by atoms with E-state index in [1.165, 1.54) is 17.5 Å². The molecule has 2 N–H and O–H groups in total. The van der Waals surface area contributed by atoms with Crippen LogP contribution in [0.1, 0.15) is 50.3 Å². The maximum Gasteiger partial charge on any atom is 0.103 e. The van der Waals surface area contributed by atoms with E-state index in [1.807, 2.05) is 0 Å². The second kappa shape index (κ2) is 5.14. The minimum Gasteiger partial charge on any atom is -0.386 e. The van der Waals surface area contributed by atoms with E-state index in [9.17, 15) is 5.11 Å². The lowest BCUT2D eigenvalue weighted by atomic mass is 9.71. The van der Waals surface area contributed by atoms with Crippen molar-refractivity contribution in [3.63, 3.8) is 0 Å². The van der Waals surface area contributed by atoms with E-state index in [0.29, 0.717) is 25.8 Å². The lowest BCUT2D eigenvalue weighted by Gasteiger charge is -2.38. The molecule has 2 unspecified atom stereocenters. The summed E-state index contributed by atoms with van der Waals surface area (Å²) in [7, 11) is 0. The highest BCUT2D eigenvalue weighted by atomic mass is 16.5. The number of aliphatic hydroxyl groups is 1. The van der Waals surface area contributed by atoms with Crippen molar-refractivity contribution in [1.82, 2.24) is 5.32 Å². The van der Waals surface area contributed by atoms with E-state index in [0.717, 1.165) is 12.8 Å². The second-order valence-electron chi connectivity index (χ2n) is 6.97. The van der Waals surface area contributed by atoms with Crippen molar-refractivity contribution in [1.29, 1.82) is 0 Å². The SMILES string of the molecule is CC1(C)CCC(NCC2(O)CCOC2)c2ccccc21. The highest BCUT2D eigenvalue weighted by Crippen LogP contribution is 2.41. The molecule has 1 aliphatic heterocycles. The van der Waals surface area contributed by atoms with Gasteiger partial charge in [-0.2, -0.15) is 0 Å². The first-order chi connectivity index (χ1) is 9.50. The smallest absolute Gasteiger partial charge is 0.103 e. The minimum atomic E-state index is -0.679. The summed E-state index contributed by atoms with van der Waals surface area (Å²) in [6, 6.07) is 9.06. The van der Waals surface area contributed by atoms with E-state index in [-0.39, 0.29) is 5.41 Å². The number of nitrogens with one attached hydrogen (secondary N) is 1. The van der Waals surface area contributed by atoms with Crippen LogP contribution >= 0.6 is 0 Å². The first-order valence-electron chi connectivity index (χ1n) is 7.63. The van der Waals surface area contributed by atoms with Crippen molar-refractivity contribution in [2.75, 3.05) is 19.8 Å². The number of rotatable bonds is 3. The van der Waals surface area contributed by atoms with Crippen LogP contribution in [0.15, 0.2) is 24.3 Å². The summed E-state index contributed by atoms with van der Waals surface area (Å²) in [4.78, 5) is 0. The summed E-state index contributed by atoms with van der Waals surface area (Å²) < 4.78 is 5.31. The van der Waals surface area contributed by atoms with E-state index in [2.05, 4.69) is 43.4 Å². The van der Waals surface area contributed by atoms with Gasteiger partial charge in [-0.1, -0.05) is 38.1 Å². The van der Waals surface area contributed by atoms with Crippen molar-refractivity contribution < 1.29 is 9.84 Å². The predicted molar refractivity (Wildman–Crippen MR) is 79.8 cm³/mol. The van der Waals surface area contributed by atoms with Crippen LogP contribution < -0.4 is 5.32 Å². The molecular formula is C17H25NO2. The average Bonchev–Trinajstić information content (AvgIpc) is 2.86. The van der Waals surface area contributed by atoms with Crippen molar-refractivity contribution in [2.24, 2.45) is 0 Å². The summed E-state index contributed by atoms with van der Waals surface area (Å²) in [6.45, 7) is 6.39. The normalized spacial score (nSPS) is 32.0. The molecule has 0 aromatic heterocycles. The first kappa shape index (κ1) is 14.1. The van der Waals surface area contributed by atoms with Crippen LogP contribution in [0.3, 0.4) is 0 Å². The highest BCUT2D eigenvalue weighted by Gasteiger charge is 2.36. The zero-order chi connectivity index (χ0) is 14.2. The zero-order valence-electron chi connectivity index (χ0n) is 12.5. The fourth-order valence-electron chi connectivity index (χ4n) is 3.47. The Morgan fingerprint density at radius 3 is 2.85 bits per heavy atom. The molecule has 0 saturated carbocycles. The van der Waals surface area contributed by atoms with Crippen LogP contribution in [0.2, 0.25) is 0 Å². The van der Waals surface area contributed by atoms with E-state index in [1.54, 1.807) is 0 Å². The summed E-state index contributed by atoms with van der Waals surface area (Å²) in [5.74, 6) is 0. The molecule has 1 fully saturated rings. The molecule has 2 aliphatic rings. The van der Waals surface area contributed by atoms with E-state index < -0.39 is 5.60 Å². The van der Waals surface area contributed by atoms with Gasteiger partial charge in [-0.25, -0.2) is 0 Å². The third-order valence-corrected chi connectivity index (χ3v) is 4.88.